The zero-order chi connectivity index (χ0) is 14.3. The second-order valence-electron chi connectivity index (χ2n) is 3.72. The van der Waals surface area contributed by atoms with Crippen molar-refractivity contribution >= 4 is 11.6 Å². The maximum absolute atomic E-state index is 11.4. The Bertz CT molecular complexity index is 462. The molecule has 0 aromatic heterocycles. The van der Waals surface area contributed by atoms with Gasteiger partial charge in [-0.2, -0.15) is 0 Å². The molecule has 0 saturated carbocycles. The van der Waals surface area contributed by atoms with Crippen LogP contribution in [0.5, 0.6) is 5.75 Å². The van der Waals surface area contributed by atoms with E-state index in [-0.39, 0.29) is 22.9 Å². The summed E-state index contributed by atoms with van der Waals surface area (Å²) in [6.07, 6.45) is 0. The van der Waals surface area contributed by atoms with E-state index in [1.54, 1.807) is 0 Å². The van der Waals surface area contributed by atoms with Gasteiger partial charge in [-0.1, -0.05) is 6.92 Å². The van der Waals surface area contributed by atoms with Gasteiger partial charge in [0.2, 0.25) is 0 Å². The van der Waals surface area contributed by atoms with Crippen LogP contribution in [-0.2, 0) is 0 Å². The molecule has 0 radical (unpaired) electrons. The molecule has 0 bridgehead atoms. The maximum atomic E-state index is 11.4. The molecule has 7 nitrogen and oxygen atoms in total. The minimum Gasteiger partial charge on any atom is -0.485 e. The van der Waals surface area contributed by atoms with Gasteiger partial charge in [0.05, 0.1) is 4.92 Å². The quantitative estimate of drug-likeness (QED) is 0.435. The highest BCUT2D eigenvalue weighted by molar-refractivity contribution is 5.94. The summed E-state index contributed by atoms with van der Waals surface area (Å²) in [4.78, 5) is 21.8. The highest BCUT2D eigenvalue weighted by Gasteiger charge is 2.18. The van der Waals surface area contributed by atoms with Crippen molar-refractivity contribution in [3.05, 3.63) is 33.9 Å². The van der Waals surface area contributed by atoms with Gasteiger partial charge in [-0.25, -0.2) is 0 Å². The first-order valence-electron chi connectivity index (χ1n) is 5.94. The molecule has 0 aliphatic carbocycles. The second-order valence-corrected chi connectivity index (χ2v) is 3.72. The SMILES string of the molecule is CCNCCOc1ccc(C(=O)NC)cc1[N+](=O)[O-]. The van der Waals surface area contributed by atoms with Gasteiger partial charge in [-0.05, 0) is 18.7 Å². The first-order chi connectivity index (χ1) is 9.10. The molecule has 0 spiro atoms. The van der Waals surface area contributed by atoms with Gasteiger partial charge in [-0.3, -0.25) is 14.9 Å². The third-order valence-corrected chi connectivity index (χ3v) is 2.43. The minimum absolute atomic E-state index is 0.163. The molecule has 1 amide bonds. The predicted octanol–water partition coefficient (Wildman–Crippen LogP) is 0.943. The van der Waals surface area contributed by atoms with E-state index in [0.29, 0.717) is 13.2 Å². The zero-order valence-corrected chi connectivity index (χ0v) is 10.9. The van der Waals surface area contributed by atoms with Gasteiger partial charge in [0.15, 0.2) is 5.75 Å². The van der Waals surface area contributed by atoms with Crippen LogP contribution >= 0.6 is 0 Å². The summed E-state index contributed by atoms with van der Waals surface area (Å²) < 4.78 is 5.33. The third-order valence-electron chi connectivity index (χ3n) is 2.43. The fourth-order valence-electron chi connectivity index (χ4n) is 1.48. The number of hydrogen-bond donors (Lipinski definition) is 2. The smallest absolute Gasteiger partial charge is 0.311 e. The number of carbonyl (C=O) groups excluding carboxylic acids is 1. The molecule has 0 unspecified atom stereocenters. The van der Waals surface area contributed by atoms with Crippen LogP contribution in [-0.4, -0.2) is 37.6 Å². The van der Waals surface area contributed by atoms with Crippen molar-refractivity contribution in [3.8, 4) is 5.75 Å². The number of likely N-dealkylation sites (N-methyl/N-ethyl adjacent to an activating group) is 1. The Kier molecular flexibility index (Phi) is 5.74. The standard InChI is InChI=1S/C12H17N3O4/c1-3-14-6-7-19-11-5-4-9(12(16)13-2)8-10(11)15(17)18/h4-5,8,14H,3,6-7H2,1-2H3,(H,13,16). The highest BCUT2D eigenvalue weighted by Crippen LogP contribution is 2.27. The Morgan fingerprint density at radius 3 is 2.79 bits per heavy atom. The summed E-state index contributed by atoms with van der Waals surface area (Å²) >= 11 is 0. The highest BCUT2D eigenvalue weighted by atomic mass is 16.6. The lowest BCUT2D eigenvalue weighted by Gasteiger charge is -2.08. The largest absolute Gasteiger partial charge is 0.485 e. The Balaban J connectivity index is 2.86. The number of carbonyl (C=O) groups is 1. The lowest BCUT2D eigenvalue weighted by molar-refractivity contribution is -0.385. The van der Waals surface area contributed by atoms with Crippen molar-refractivity contribution in [2.75, 3.05) is 26.7 Å². The van der Waals surface area contributed by atoms with Gasteiger partial charge >= 0.3 is 5.69 Å². The molecular formula is C12H17N3O4. The predicted molar refractivity (Wildman–Crippen MR) is 70.5 cm³/mol. The molecule has 7 heteroatoms. The number of rotatable bonds is 7. The number of benzene rings is 1. The molecule has 1 aromatic rings. The molecule has 0 heterocycles. The van der Waals surface area contributed by atoms with Gasteiger partial charge in [-0.15, -0.1) is 0 Å². The van der Waals surface area contributed by atoms with Crippen LogP contribution in [0, 0.1) is 10.1 Å². The van der Waals surface area contributed by atoms with Crippen molar-refractivity contribution in [2.45, 2.75) is 6.92 Å². The summed E-state index contributed by atoms with van der Waals surface area (Å²) in [6, 6.07) is 4.14. The van der Waals surface area contributed by atoms with Crippen molar-refractivity contribution in [2.24, 2.45) is 0 Å². The Morgan fingerprint density at radius 2 is 2.21 bits per heavy atom. The fourth-order valence-corrected chi connectivity index (χ4v) is 1.48. The normalized spacial score (nSPS) is 10.0. The van der Waals surface area contributed by atoms with Crippen molar-refractivity contribution in [1.29, 1.82) is 0 Å². The number of nitrogens with one attached hydrogen (secondary N) is 2. The van der Waals surface area contributed by atoms with E-state index >= 15 is 0 Å². The summed E-state index contributed by atoms with van der Waals surface area (Å²) in [5.41, 5.74) is 0.0193. The molecule has 1 aromatic carbocycles. The van der Waals surface area contributed by atoms with Crippen LogP contribution < -0.4 is 15.4 Å². The molecule has 104 valence electrons. The summed E-state index contributed by atoms with van der Waals surface area (Å²) in [7, 11) is 1.47. The molecule has 0 aliphatic rings. The second kappa shape index (κ2) is 7.32. The van der Waals surface area contributed by atoms with E-state index in [1.165, 1.54) is 25.2 Å². The number of amides is 1. The number of nitrogens with zero attached hydrogens (tertiary/aromatic N) is 1. The number of ether oxygens (including phenoxy) is 1. The van der Waals surface area contributed by atoms with Crippen LogP contribution in [0.1, 0.15) is 17.3 Å². The molecule has 0 aliphatic heterocycles. The molecule has 0 atom stereocenters. The monoisotopic (exact) mass is 267 g/mol. The maximum Gasteiger partial charge on any atom is 0.311 e. The van der Waals surface area contributed by atoms with E-state index in [0.717, 1.165) is 6.54 Å². The third kappa shape index (κ3) is 4.22. The molecular weight excluding hydrogens is 250 g/mol. The average molecular weight is 267 g/mol. The lowest BCUT2D eigenvalue weighted by Crippen LogP contribution is -2.21. The van der Waals surface area contributed by atoms with Gasteiger partial charge < -0.3 is 15.4 Å². The van der Waals surface area contributed by atoms with Crippen molar-refractivity contribution in [3.63, 3.8) is 0 Å². The number of nitro groups is 1. The summed E-state index contributed by atoms with van der Waals surface area (Å²) in [5.74, 6) is -0.210. The van der Waals surface area contributed by atoms with Crippen LogP contribution in [0.3, 0.4) is 0 Å². The minimum atomic E-state index is -0.560. The molecule has 0 saturated heterocycles. The molecule has 0 fully saturated rings. The van der Waals surface area contributed by atoms with E-state index in [4.69, 9.17) is 4.74 Å². The van der Waals surface area contributed by atoms with Gasteiger partial charge in [0.25, 0.3) is 5.91 Å². The first kappa shape index (κ1) is 14.9. The number of hydrogen-bond acceptors (Lipinski definition) is 5. The van der Waals surface area contributed by atoms with Crippen molar-refractivity contribution < 1.29 is 14.5 Å². The zero-order valence-electron chi connectivity index (χ0n) is 10.9. The van der Waals surface area contributed by atoms with Gasteiger partial charge in [0, 0.05) is 25.2 Å². The van der Waals surface area contributed by atoms with E-state index < -0.39 is 4.92 Å². The first-order valence-corrected chi connectivity index (χ1v) is 5.94. The molecule has 19 heavy (non-hydrogen) atoms. The van der Waals surface area contributed by atoms with E-state index in [2.05, 4.69) is 10.6 Å². The van der Waals surface area contributed by atoms with Crippen LogP contribution in [0.2, 0.25) is 0 Å². The molecule has 1 rings (SSSR count). The summed E-state index contributed by atoms with van der Waals surface area (Å²) in [5, 5.41) is 16.4. The lowest BCUT2D eigenvalue weighted by atomic mass is 10.2. The Morgan fingerprint density at radius 1 is 1.47 bits per heavy atom. The fraction of sp³-hybridized carbons (Fsp3) is 0.417. The van der Waals surface area contributed by atoms with Crippen LogP contribution in [0.15, 0.2) is 18.2 Å². The Hall–Kier alpha value is -2.15. The van der Waals surface area contributed by atoms with E-state index in [1.807, 2.05) is 6.92 Å². The topological polar surface area (TPSA) is 93.5 Å². The molecule has 2 N–H and O–H groups in total. The van der Waals surface area contributed by atoms with E-state index in [9.17, 15) is 14.9 Å². The summed E-state index contributed by atoms with van der Waals surface area (Å²) in [6.45, 7) is 3.69. The van der Waals surface area contributed by atoms with Crippen LogP contribution in [0.25, 0.3) is 0 Å². The van der Waals surface area contributed by atoms with Gasteiger partial charge in [0.1, 0.15) is 6.61 Å². The van der Waals surface area contributed by atoms with Crippen LogP contribution in [0.4, 0.5) is 5.69 Å². The average Bonchev–Trinajstić information content (AvgIpc) is 2.42. The van der Waals surface area contributed by atoms with Crippen molar-refractivity contribution in [1.82, 2.24) is 10.6 Å². The number of nitro benzene ring substituents is 1. The Labute approximate surface area is 111 Å².